The van der Waals surface area contributed by atoms with Gasteiger partial charge in [-0.25, -0.2) is 13.9 Å². The van der Waals surface area contributed by atoms with Gasteiger partial charge in [0.25, 0.3) is 0 Å². The van der Waals surface area contributed by atoms with E-state index in [4.69, 9.17) is 0 Å². The van der Waals surface area contributed by atoms with Crippen LogP contribution < -0.4 is 5.69 Å². The Morgan fingerprint density at radius 3 is 2.75 bits per heavy atom. The van der Waals surface area contributed by atoms with Crippen LogP contribution in [0.3, 0.4) is 0 Å². The van der Waals surface area contributed by atoms with Gasteiger partial charge in [-0.2, -0.15) is 13.2 Å². The topological polar surface area (TPSA) is 72.5 Å². The zero-order valence-electron chi connectivity index (χ0n) is 10.3. The lowest BCUT2D eigenvalue weighted by atomic mass is 10.5. The third kappa shape index (κ3) is 2.95. The molecule has 108 valence electrons. The number of hydrogen-bond donors (Lipinski definition) is 0. The number of halogens is 3. The SMILES string of the molecule is CN(CC(F)(F)F)C(=O)Cn1nc2cnccn2c1=O. The van der Waals surface area contributed by atoms with Gasteiger partial charge in [-0.1, -0.05) is 0 Å². The number of carbonyl (C=O) groups excluding carboxylic acids is 1. The molecule has 0 aromatic carbocycles. The number of alkyl halides is 3. The fourth-order valence-corrected chi connectivity index (χ4v) is 1.59. The zero-order chi connectivity index (χ0) is 14.9. The van der Waals surface area contributed by atoms with Crippen molar-refractivity contribution >= 4 is 11.6 Å². The van der Waals surface area contributed by atoms with Crippen molar-refractivity contribution in [2.24, 2.45) is 0 Å². The summed E-state index contributed by atoms with van der Waals surface area (Å²) in [4.78, 5) is 27.7. The maximum absolute atomic E-state index is 12.2. The van der Waals surface area contributed by atoms with Crippen LogP contribution in [-0.4, -0.2) is 49.7 Å². The molecule has 0 unspecified atom stereocenters. The summed E-state index contributed by atoms with van der Waals surface area (Å²) >= 11 is 0. The van der Waals surface area contributed by atoms with Gasteiger partial charge in [-0.3, -0.25) is 9.78 Å². The van der Waals surface area contributed by atoms with Crippen molar-refractivity contribution in [3.8, 4) is 0 Å². The van der Waals surface area contributed by atoms with E-state index >= 15 is 0 Å². The van der Waals surface area contributed by atoms with Gasteiger partial charge in [-0.05, 0) is 0 Å². The Hall–Kier alpha value is -2.39. The van der Waals surface area contributed by atoms with Crippen molar-refractivity contribution in [3.05, 3.63) is 29.1 Å². The monoisotopic (exact) mass is 289 g/mol. The molecule has 0 aliphatic rings. The Balaban J connectivity index is 2.18. The summed E-state index contributed by atoms with van der Waals surface area (Å²) in [5.74, 6) is -0.860. The van der Waals surface area contributed by atoms with Crippen molar-refractivity contribution < 1.29 is 18.0 Å². The van der Waals surface area contributed by atoms with Crippen LogP contribution >= 0.6 is 0 Å². The van der Waals surface area contributed by atoms with E-state index in [1.165, 1.54) is 18.6 Å². The number of fused-ring (bicyclic) bond motifs is 1. The van der Waals surface area contributed by atoms with Gasteiger partial charge in [-0.15, -0.1) is 5.10 Å². The van der Waals surface area contributed by atoms with Gasteiger partial charge in [0.2, 0.25) is 5.91 Å². The summed E-state index contributed by atoms with van der Waals surface area (Å²) in [7, 11) is 1.01. The fourth-order valence-electron chi connectivity index (χ4n) is 1.59. The van der Waals surface area contributed by atoms with Crippen LogP contribution in [0.1, 0.15) is 0 Å². The molecule has 0 saturated heterocycles. The molecule has 10 heteroatoms. The van der Waals surface area contributed by atoms with Crippen molar-refractivity contribution in [1.29, 1.82) is 0 Å². The average Bonchev–Trinajstić information content (AvgIpc) is 2.65. The first kappa shape index (κ1) is 14.0. The summed E-state index contributed by atoms with van der Waals surface area (Å²) in [6.45, 7) is -1.94. The molecule has 20 heavy (non-hydrogen) atoms. The van der Waals surface area contributed by atoms with E-state index < -0.39 is 30.9 Å². The molecule has 0 saturated carbocycles. The van der Waals surface area contributed by atoms with Crippen LogP contribution in [0, 0.1) is 0 Å². The molecule has 0 aliphatic carbocycles. The molecule has 0 spiro atoms. The minimum Gasteiger partial charge on any atom is -0.335 e. The van der Waals surface area contributed by atoms with Crippen LogP contribution in [-0.2, 0) is 11.3 Å². The number of carbonyl (C=O) groups is 1. The predicted molar refractivity (Wildman–Crippen MR) is 60.9 cm³/mol. The third-order valence-corrected chi connectivity index (χ3v) is 2.52. The summed E-state index contributed by atoms with van der Waals surface area (Å²) < 4.78 is 38.4. The molecule has 2 rings (SSSR count). The molecule has 2 heterocycles. The molecule has 0 atom stereocenters. The van der Waals surface area contributed by atoms with Crippen molar-refractivity contribution in [2.45, 2.75) is 12.7 Å². The lowest BCUT2D eigenvalue weighted by molar-refractivity contribution is -0.158. The highest BCUT2D eigenvalue weighted by atomic mass is 19.4. The molecular formula is C10H10F3N5O2. The Morgan fingerprint density at radius 1 is 1.45 bits per heavy atom. The van der Waals surface area contributed by atoms with Crippen molar-refractivity contribution in [3.63, 3.8) is 0 Å². The molecule has 0 fully saturated rings. The molecule has 0 N–H and O–H groups in total. The molecular weight excluding hydrogens is 279 g/mol. The van der Waals surface area contributed by atoms with Crippen molar-refractivity contribution in [2.75, 3.05) is 13.6 Å². The lowest BCUT2D eigenvalue weighted by Crippen LogP contribution is -2.39. The number of nitrogens with zero attached hydrogens (tertiary/aromatic N) is 5. The van der Waals surface area contributed by atoms with E-state index in [1.54, 1.807) is 0 Å². The molecule has 0 aliphatic heterocycles. The second-order valence-electron chi connectivity index (χ2n) is 4.11. The van der Waals surface area contributed by atoms with Gasteiger partial charge in [0, 0.05) is 19.4 Å². The largest absolute Gasteiger partial charge is 0.406 e. The first-order valence-corrected chi connectivity index (χ1v) is 5.48. The first-order chi connectivity index (χ1) is 9.28. The van der Waals surface area contributed by atoms with Crippen LogP contribution in [0.4, 0.5) is 13.2 Å². The van der Waals surface area contributed by atoms with Crippen LogP contribution in [0.25, 0.3) is 5.65 Å². The standard InChI is InChI=1S/C10H10F3N5O2/c1-16(6-10(11,12)13)8(19)5-18-9(20)17-3-2-14-4-7(17)15-18/h2-4H,5-6H2,1H3. The minimum absolute atomic E-state index is 0.212. The Bertz CT molecular complexity index is 690. The maximum Gasteiger partial charge on any atom is 0.406 e. The number of aromatic nitrogens is 4. The molecule has 2 aromatic heterocycles. The highest BCUT2D eigenvalue weighted by Gasteiger charge is 2.31. The number of hydrogen-bond acceptors (Lipinski definition) is 4. The van der Waals surface area contributed by atoms with Crippen LogP contribution in [0.2, 0.25) is 0 Å². The summed E-state index contributed by atoms with van der Waals surface area (Å²) in [6, 6.07) is 0. The van der Waals surface area contributed by atoms with E-state index in [1.807, 2.05) is 0 Å². The molecule has 1 amide bonds. The van der Waals surface area contributed by atoms with E-state index in [-0.39, 0.29) is 5.65 Å². The molecule has 2 aromatic rings. The predicted octanol–water partition coefficient (Wildman–Crippen LogP) is -0.0883. The Labute approximate surface area is 110 Å². The highest BCUT2D eigenvalue weighted by molar-refractivity contribution is 5.75. The summed E-state index contributed by atoms with van der Waals surface area (Å²) in [5.41, 5.74) is -0.403. The number of amides is 1. The van der Waals surface area contributed by atoms with Crippen LogP contribution in [0.15, 0.2) is 23.4 Å². The molecule has 7 nitrogen and oxygen atoms in total. The van der Waals surface area contributed by atoms with Gasteiger partial charge in [0.05, 0.1) is 6.20 Å². The minimum atomic E-state index is -4.49. The van der Waals surface area contributed by atoms with E-state index in [0.717, 1.165) is 16.1 Å². The van der Waals surface area contributed by atoms with Gasteiger partial charge >= 0.3 is 11.9 Å². The molecule has 0 bridgehead atoms. The lowest BCUT2D eigenvalue weighted by Gasteiger charge is -2.18. The zero-order valence-corrected chi connectivity index (χ0v) is 10.3. The van der Waals surface area contributed by atoms with Gasteiger partial charge in [0.1, 0.15) is 13.1 Å². The number of rotatable bonds is 3. The van der Waals surface area contributed by atoms with E-state index in [9.17, 15) is 22.8 Å². The fraction of sp³-hybridized carbons (Fsp3) is 0.400. The van der Waals surface area contributed by atoms with Gasteiger partial charge in [0.15, 0.2) is 5.65 Å². The second kappa shape index (κ2) is 4.94. The third-order valence-electron chi connectivity index (χ3n) is 2.52. The maximum atomic E-state index is 12.2. The van der Waals surface area contributed by atoms with Crippen molar-refractivity contribution in [1.82, 2.24) is 24.1 Å². The highest BCUT2D eigenvalue weighted by Crippen LogP contribution is 2.15. The van der Waals surface area contributed by atoms with E-state index in [2.05, 4.69) is 10.1 Å². The second-order valence-corrected chi connectivity index (χ2v) is 4.11. The van der Waals surface area contributed by atoms with Gasteiger partial charge < -0.3 is 4.90 Å². The normalized spacial score (nSPS) is 11.8. The van der Waals surface area contributed by atoms with E-state index in [0.29, 0.717) is 4.90 Å². The van der Waals surface area contributed by atoms with Crippen LogP contribution in [0.5, 0.6) is 0 Å². The summed E-state index contributed by atoms with van der Waals surface area (Å²) in [5, 5.41) is 3.81. The summed E-state index contributed by atoms with van der Waals surface area (Å²) in [6.07, 6.45) is -0.469. The Kier molecular flexibility index (Phi) is 3.47. The smallest absolute Gasteiger partial charge is 0.335 e. The molecule has 0 radical (unpaired) electrons. The Morgan fingerprint density at radius 2 is 2.15 bits per heavy atom. The first-order valence-electron chi connectivity index (χ1n) is 5.48. The quantitative estimate of drug-likeness (QED) is 0.791. The average molecular weight is 289 g/mol. The number of likely N-dealkylation sites (N-methyl/N-ethyl adjacent to an activating group) is 1.